The van der Waals surface area contributed by atoms with Crippen LogP contribution in [0.4, 0.5) is 10.1 Å². The molecule has 0 saturated carbocycles. The number of nitrogens with one attached hydrogen (secondary N) is 1. The molecule has 144 valence electrons. The van der Waals surface area contributed by atoms with Gasteiger partial charge in [-0.3, -0.25) is 4.79 Å². The molecule has 28 heavy (non-hydrogen) atoms. The third-order valence-electron chi connectivity index (χ3n) is 4.10. The van der Waals surface area contributed by atoms with Gasteiger partial charge in [0, 0.05) is 6.42 Å². The molecule has 5 heteroatoms. The minimum atomic E-state index is -0.297. The van der Waals surface area contributed by atoms with Gasteiger partial charge in [0.15, 0.2) is 5.75 Å². The summed E-state index contributed by atoms with van der Waals surface area (Å²) in [6.07, 6.45) is 0.513. The van der Waals surface area contributed by atoms with Gasteiger partial charge in [-0.25, -0.2) is 4.39 Å². The highest BCUT2D eigenvalue weighted by atomic mass is 19.1. The topological polar surface area (TPSA) is 47.6 Å². The van der Waals surface area contributed by atoms with Gasteiger partial charge < -0.3 is 14.8 Å². The Labute approximate surface area is 163 Å². The van der Waals surface area contributed by atoms with Crippen LogP contribution in [0.3, 0.4) is 0 Å². The first-order valence-corrected chi connectivity index (χ1v) is 9.18. The Hall–Kier alpha value is -3.34. The maximum Gasteiger partial charge on any atom is 0.224 e. The molecular formula is C23H22FNO3. The SMILES string of the molecule is CCOc1ccc(Oc2ccccc2NC(=O)CCc2ccccc2F)cc1. The maximum absolute atomic E-state index is 13.7. The number of hydrogen-bond acceptors (Lipinski definition) is 3. The second-order valence-electron chi connectivity index (χ2n) is 6.14. The smallest absolute Gasteiger partial charge is 0.224 e. The van der Waals surface area contributed by atoms with Gasteiger partial charge in [-0.05, 0) is 61.4 Å². The van der Waals surface area contributed by atoms with Crippen LogP contribution >= 0.6 is 0 Å². The molecule has 3 rings (SSSR count). The van der Waals surface area contributed by atoms with Crippen LogP contribution in [0.15, 0.2) is 72.8 Å². The number of ether oxygens (including phenoxy) is 2. The molecule has 0 aliphatic rings. The zero-order valence-electron chi connectivity index (χ0n) is 15.7. The number of carbonyl (C=O) groups is 1. The molecule has 1 N–H and O–H groups in total. The third-order valence-corrected chi connectivity index (χ3v) is 4.10. The summed E-state index contributed by atoms with van der Waals surface area (Å²) in [5.41, 5.74) is 1.09. The van der Waals surface area contributed by atoms with Crippen molar-refractivity contribution >= 4 is 11.6 Å². The number of aryl methyl sites for hydroxylation is 1. The molecule has 0 spiro atoms. The van der Waals surface area contributed by atoms with E-state index in [1.807, 2.05) is 43.3 Å². The number of halogens is 1. The Morgan fingerprint density at radius 1 is 0.929 bits per heavy atom. The van der Waals surface area contributed by atoms with Crippen molar-refractivity contribution in [1.29, 1.82) is 0 Å². The Morgan fingerprint density at radius 3 is 2.36 bits per heavy atom. The van der Waals surface area contributed by atoms with E-state index in [0.717, 1.165) is 5.75 Å². The number of amides is 1. The minimum Gasteiger partial charge on any atom is -0.494 e. The van der Waals surface area contributed by atoms with Crippen molar-refractivity contribution in [1.82, 2.24) is 0 Å². The molecule has 3 aromatic carbocycles. The monoisotopic (exact) mass is 379 g/mol. The fraction of sp³-hybridized carbons (Fsp3) is 0.174. The summed E-state index contributed by atoms with van der Waals surface area (Å²) in [6.45, 7) is 2.53. The summed E-state index contributed by atoms with van der Waals surface area (Å²) in [5.74, 6) is 1.44. The van der Waals surface area contributed by atoms with E-state index in [-0.39, 0.29) is 18.1 Å². The molecule has 0 radical (unpaired) electrons. The van der Waals surface area contributed by atoms with Crippen molar-refractivity contribution in [2.45, 2.75) is 19.8 Å². The molecule has 0 fully saturated rings. The van der Waals surface area contributed by atoms with Gasteiger partial charge in [0.25, 0.3) is 0 Å². The van der Waals surface area contributed by atoms with Gasteiger partial charge >= 0.3 is 0 Å². The number of anilines is 1. The highest BCUT2D eigenvalue weighted by Crippen LogP contribution is 2.30. The summed E-state index contributed by atoms with van der Waals surface area (Å²) < 4.78 is 25.0. The van der Waals surface area contributed by atoms with Crippen molar-refractivity contribution in [2.24, 2.45) is 0 Å². The van der Waals surface area contributed by atoms with Gasteiger partial charge in [-0.1, -0.05) is 30.3 Å². The second kappa shape index (κ2) is 9.55. The molecule has 0 saturated heterocycles. The molecule has 0 aromatic heterocycles. The molecule has 0 bridgehead atoms. The van der Waals surface area contributed by atoms with Crippen molar-refractivity contribution in [3.63, 3.8) is 0 Å². The number of hydrogen-bond donors (Lipinski definition) is 1. The summed E-state index contributed by atoms with van der Waals surface area (Å²) in [6, 6.07) is 20.9. The van der Waals surface area contributed by atoms with E-state index in [1.54, 1.807) is 30.3 Å². The molecule has 1 amide bonds. The lowest BCUT2D eigenvalue weighted by Gasteiger charge is -2.13. The largest absolute Gasteiger partial charge is 0.494 e. The second-order valence-corrected chi connectivity index (χ2v) is 6.14. The maximum atomic E-state index is 13.7. The predicted molar refractivity (Wildman–Crippen MR) is 107 cm³/mol. The van der Waals surface area contributed by atoms with Crippen molar-refractivity contribution in [2.75, 3.05) is 11.9 Å². The molecule has 0 heterocycles. The molecule has 3 aromatic rings. The summed E-state index contributed by atoms with van der Waals surface area (Å²) >= 11 is 0. The lowest BCUT2D eigenvalue weighted by molar-refractivity contribution is -0.116. The van der Waals surface area contributed by atoms with Crippen LogP contribution in [0.25, 0.3) is 0 Å². The first-order chi connectivity index (χ1) is 13.7. The van der Waals surface area contributed by atoms with E-state index in [1.165, 1.54) is 6.07 Å². The molecule has 0 aliphatic carbocycles. The Bertz CT molecular complexity index is 925. The van der Waals surface area contributed by atoms with E-state index in [0.29, 0.717) is 35.8 Å². The standard InChI is InChI=1S/C23H22FNO3/c1-2-27-18-12-14-19(15-13-18)28-22-10-6-5-9-21(22)25-23(26)16-11-17-7-3-4-8-20(17)24/h3-10,12-15H,2,11,16H2,1H3,(H,25,26). The van der Waals surface area contributed by atoms with Gasteiger partial charge in [-0.15, -0.1) is 0 Å². The molecule has 4 nitrogen and oxygen atoms in total. The van der Waals surface area contributed by atoms with Crippen LogP contribution in [-0.2, 0) is 11.2 Å². The summed E-state index contributed by atoms with van der Waals surface area (Å²) in [4.78, 5) is 12.3. The van der Waals surface area contributed by atoms with Crippen LogP contribution in [0.5, 0.6) is 17.2 Å². The van der Waals surface area contributed by atoms with E-state index in [2.05, 4.69) is 5.32 Å². The zero-order chi connectivity index (χ0) is 19.8. The highest BCUT2D eigenvalue weighted by Gasteiger charge is 2.10. The molecule has 0 atom stereocenters. The average Bonchev–Trinajstić information content (AvgIpc) is 2.70. The molecular weight excluding hydrogens is 357 g/mol. The quantitative estimate of drug-likeness (QED) is 0.555. The molecule has 0 unspecified atom stereocenters. The van der Waals surface area contributed by atoms with Gasteiger partial charge in [0.1, 0.15) is 17.3 Å². The normalized spacial score (nSPS) is 10.4. The van der Waals surface area contributed by atoms with E-state index in [9.17, 15) is 9.18 Å². The van der Waals surface area contributed by atoms with Crippen molar-refractivity contribution in [3.8, 4) is 17.2 Å². The van der Waals surface area contributed by atoms with E-state index >= 15 is 0 Å². The number of rotatable bonds is 8. The fourth-order valence-corrected chi connectivity index (χ4v) is 2.72. The summed E-state index contributed by atoms with van der Waals surface area (Å²) in [5, 5.41) is 2.84. The first-order valence-electron chi connectivity index (χ1n) is 9.18. The number of carbonyl (C=O) groups excluding carboxylic acids is 1. The van der Waals surface area contributed by atoms with Crippen LogP contribution in [-0.4, -0.2) is 12.5 Å². The number of benzene rings is 3. The number of para-hydroxylation sites is 2. The minimum absolute atomic E-state index is 0.179. The van der Waals surface area contributed by atoms with Crippen LogP contribution in [0.2, 0.25) is 0 Å². The average molecular weight is 379 g/mol. The van der Waals surface area contributed by atoms with Crippen molar-refractivity contribution in [3.05, 3.63) is 84.2 Å². The van der Waals surface area contributed by atoms with E-state index < -0.39 is 0 Å². The zero-order valence-corrected chi connectivity index (χ0v) is 15.7. The Morgan fingerprint density at radius 2 is 1.61 bits per heavy atom. The van der Waals surface area contributed by atoms with Gasteiger partial charge in [0.2, 0.25) is 5.91 Å². The summed E-state index contributed by atoms with van der Waals surface area (Å²) in [7, 11) is 0. The van der Waals surface area contributed by atoms with Gasteiger partial charge in [0.05, 0.1) is 12.3 Å². The Balaban J connectivity index is 1.63. The lowest BCUT2D eigenvalue weighted by atomic mass is 10.1. The molecule has 0 aliphatic heterocycles. The lowest BCUT2D eigenvalue weighted by Crippen LogP contribution is -2.13. The third kappa shape index (κ3) is 5.33. The van der Waals surface area contributed by atoms with Crippen LogP contribution < -0.4 is 14.8 Å². The van der Waals surface area contributed by atoms with Crippen LogP contribution in [0.1, 0.15) is 18.9 Å². The fourth-order valence-electron chi connectivity index (χ4n) is 2.72. The van der Waals surface area contributed by atoms with Crippen LogP contribution in [0, 0.1) is 5.82 Å². The highest BCUT2D eigenvalue weighted by molar-refractivity contribution is 5.92. The first kappa shape index (κ1) is 19.4. The van der Waals surface area contributed by atoms with Crippen molar-refractivity contribution < 1.29 is 18.7 Å². The van der Waals surface area contributed by atoms with E-state index in [4.69, 9.17) is 9.47 Å². The van der Waals surface area contributed by atoms with Gasteiger partial charge in [-0.2, -0.15) is 0 Å². The predicted octanol–water partition coefficient (Wildman–Crippen LogP) is 5.59. The Kier molecular flexibility index (Phi) is 6.63.